The summed E-state index contributed by atoms with van der Waals surface area (Å²) < 4.78 is 0. The Balaban J connectivity index is 2.57. The Morgan fingerprint density at radius 1 is 1.39 bits per heavy atom. The Labute approximate surface area is 112 Å². The molecule has 1 aromatic carbocycles. The van der Waals surface area contributed by atoms with Crippen molar-refractivity contribution in [2.45, 2.75) is 12.8 Å². The van der Waals surface area contributed by atoms with Gasteiger partial charge in [-0.3, -0.25) is 9.59 Å². The number of hydrogen-bond donors (Lipinski definition) is 1. The van der Waals surface area contributed by atoms with Gasteiger partial charge in [0.25, 0.3) is 5.91 Å². The predicted molar refractivity (Wildman–Crippen MR) is 71.6 cm³/mol. The number of nitrogens with one attached hydrogen (secondary N) is 1. The van der Waals surface area contributed by atoms with Crippen molar-refractivity contribution in [1.29, 1.82) is 0 Å². The molecule has 1 rings (SSSR count). The lowest BCUT2D eigenvalue weighted by Gasteiger charge is -2.14. The third kappa shape index (κ3) is 4.04. The molecule has 0 heterocycles. The largest absolute Gasteiger partial charge is 0.345 e. The topological polar surface area (TPSA) is 49.4 Å². The second-order valence-corrected chi connectivity index (χ2v) is 4.19. The molecule has 0 bridgehead atoms. The Morgan fingerprint density at radius 2 is 2.11 bits per heavy atom. The van der Waals surface area contributed by atoms with E-state index < -0.39 is 0 Å². The van der Waals surface area contributed by atoms with Crippen molar-refractivity contribution in [3.8, 4) is 0 Å². The van der Waals surface area contributed by atoms with Gasteiger partial charge in [-0.05, 0) is 24.6 Å². The highest BCUT2D eigenvalue weighted by Gasteiger charge is 2.10. The fourth-order valence-electron chi connectivity index (χ4n) is 1.36. The first-order valence-corrected chi connectivity index (χ1v) is 6.29. The summed E-state index contributed by atoms with van der Waals surface area (Å²) in [7, 11) is 1.70. The number of halogens is 1. The summed E-state index contributed by atoms with van der Waals surface area (Å²) in [6, 6.07) is 7.03. The molecule has 5 heteroatoms. The molecule has 2 amide bonds. The molecule has 1 aromatic rings. The summed E-state index contributed by atoms with van der Waals surface area (Å²) in [6.45, 7) is 2.51. The molecule has 0 spiro atoms. The monoisotopic (exact) mass is 268 g/mol. The smallest absolute Gasteiger partial charge is 0.251 e. The Hall–Kier alpha value is -1.55. The number of nitrogens with zero attached hydrogens (tertiary/aromatic N) is 1. The molecule has 18 heavy (non-hydrogen) atoms. The van der Waals surface area contributed by atoms with Gasteiger partial charge < -0.3 is 10.2 Å². The summed E-state index contributed by atoms with van der Waals surface area (Å²) >= 11 is 5.70. The van der Waals surface area contributed by atoms with E-state index in [1.165, 1.54) is 0 Å². The maximum absolute atomic E-state index is 11.8. The molecular formula is C13H17ClN2O2. The molecule has 0 radical (unpaired) electrons. The maximum atomic E-state index is 11.8. The molecule has 0 saturated heterocycles. The molecule has 0 aliphatic heterocycles. The minimum atomic E-state index is -0.264. The standard InChI is InChI=1S/C13H17ClN2O2/c1-3-16(2)12(17)9-15-13(18)11-6-4-5-10(7-11)8-14/h4-7H,3,8-9H2,1-2H3,(H,15,18). The van der Waals surface area contributed by atoms with E-state index in [4.69, 9.17) is 11.6 Å². The van der Waals surface area contributed by atoms with Crippen LogP contribution in [0.2, 0.25) is 0 Å². The van der Waals surface area contributed by atoms with Crippen LogP contribution in [-0.2, 0) is 10.7 Å². The number of hydrogen-bond acceptors (Lipinski definition) is 2. The van der Waals surface area contributed by atoms with Crippen molar-refractivity contribution < 1.29 is 9.59 Å². The third-order valence-corrected chi connectivity index (χ3v) is 2.95. The van der Waals surface area contributed by atoms with Gasteiger partial charge in [-0.2, -0.15) is 0 Å². The van der Waals surface area contributed by atoms with Crippen molar-refractivity contribution in [3.63, 3.8) is 0 Å². The average molecular weight is 269 g/mol. The number of benzene rings is 1. The molecule has 98 valence electrons. The first-order valence-electron chi connectivity index (χ1n) is 5.75. The number of carbonyl (C=O) groups is 2. The summed E-state index contributed by atoms with van der Waals surface area (Å²) in [5.41, 5.74) is 1.39. The molecule has 0 aliphatic carbocycles. The Morgan fingerprint density at radius 3 is 2.72 bits per heavy atom. The van der Waals surface area contributed by atoms with Crippen LogP contribution in [0.15, 0.2) is 24.3 Å². The predicted octanol–water partition coefficient (Wildman–Crippen LogP) is 1.63. The van der Waals surface area contributed by atoms with Gasteiger partial charge in [0.15, 0.2) is 0 Å². The minimum absolute atomic E-state index is 0.00821. The molecule has 0 unspecified atom stereocenters. The van der Waals surface area contributed by atoms with Crippen LogP contribution in [-0.4, -0.2) is 36.9 Å². The van der Waals surface area contributed by atoms with E-state index in [1.54, 1.807) is 30.1 Å². The van der Waals surface area contributed by atoms with E-state index in [0.717, 1.165) is 5.56 Å². The van der Waals surface area contributed by atoms with Crippen LogP contribution in [0.5, 0.6) is 0 Å². The van der Waals surface area contributed by atoms with Crippen molar-refractivity contribution in [3.05, 3.63) is 35.4 Å². The highest BCUT2D eigenvalue weighted by molar-refractivity contribution is 6.17. The molecule has 4 nitrogen and oxygen atoms in total. The van der Waals surface area contributed by atoms with E-state index in [9.17, 15) is 9.59 Å². The highest BCUT2D eigenvalue weighted by atomic mass is 35.5. The van der Waals surface area contributed by atoms with Crippen LogP contribution in [0, 0.1) is 0 Å². The zero-order valence-corrected chi connectivity index (χ0v) is 11.3. The molecule has 0 saturated carbocycles. The average Bonchev–Trinajstić information content (AvgIpc) is 2.43. The number of rotatable bonds is 5. The zero-order valence-electron chi connectivity index (χ0n) is 10.6. The Kier molecular flexibility index (Phi) is 5.65. The van der Waals surface area contributed by atoms with Crippen LogP contribution in [0.25, 0.3) is 0 Å². The summed E-state index contributed by atoms with van der Waals surface area (Å²) in [5, 5.41) is 2.59. The quantitative estimate of drug-likeness (QED) is 0.826. The lowest BCUT2D eigenvalue weighted by atomic mass is 10.1. The maximum Gasteiger partial charge on any atom is 0.251 e. The zero-order chi connectivity index (χ0) is 13.5. The van der Waals surface area contributed by atoms with E-state index in [0.29, 0.717) is 18.0 Å². The van der Waals surface area contributed by atoms with Crippen LogP contribution in [0.4, 0.5) is 0 Å². The normalized spacial score (nSPS) is 9.94. The van der Waals surface area contributed by atoms with E-state index in [-0.39, 0.29) is 18.4 Å². The summed E-state index contributed by atoms with van der Waals surface area (Å²) in [4.78, 5) is 24.9. The number of amides is 2. The van der Waals surface area contributed by atoms with Gasteiger partial charge in [0, 0.05) is 25.0 Å². The molecule has 0 fully saturated rings. The first-order chi connectivity index (χ1) is 8.58. The summed E-state index contributed by atoms with van der Waals surface area (Å²) in [6.07, 6.45) is 0. The number of carbonyl (C=O) groups excluding carboxylic acids is 2. The van der Waals surface area contributed by atoms with Gasteiger partial charge >= 0.3 is 0 Å². The van der Waals surface area contributed by atoms with Crippen LogP contribution < -0.4 is 5.32 Å². The van der Waals surface area contributed by atoms with Crippen molar-refractivity contribution in [1.82, 2.24) is 10.2 Å². The summed E-state index contributed by atoms with van der Waals surface area (Å²) in [5.74, 6) is -0.0160. The second kappa shape index (κ2) is 7.01. The van der Waals surface area contributed by atoms with Gasteiger partial charge in [0.2, 0.25) is 5.91 Å². The van der Waals surface area contributed by atoms with Crippen molar-refractivity contribution in [2.75, 3.05) is 20.1 Å². The van der Waals surface area contributed by atoms with E-state index >= 15 is 0 Å². The molecular weight excluding hydrogens is 252 g/mol. The van der Waals surface area contributed by atoms with Crippen LogP contribution in [0.3, 0.4) is 0 Å². The fraction of sp³-hybridized carbons (Fsp3) is 0.385. The second-order valence-electron chi connectivity index (χ2n) is 3.92. The van der Waals surface area contributed by atoms with Gasteiger partial charge in [-0.25, -0.2) is 0 Å². The highest BCUT2D eigenvalue weighted by Crippen LogP contribution is 2.07. The van der Waals surface area contributed by atoms with Crippen LogP contribution in [0.1, 0.15) is 22.8 Å². The van der Waals surface area contributed by atoms with Crippen molar-refractivity contribution in [2.24, 2.45) is 0 Å². The lowest BCUT2D eigenvalue weighted by molar-refractivity contribution is -0.128. The Bertz CT molecular complexity index is 435. The van der Waals surface area contributed by atoms with Gasteiger partial charge in [-0.15, -0.1) is 11.6 Å². The molecule has 1 N–H and O–H groups in total. The molecule has 0 atom stereocenters. The number of likely N-dealkylation sites (N-methyl/N-ethyl adjacent to an activating group) is 1. The molecule has 0 aliphatic rings. The van der Waals surface area contributed by atoms with Gasteiger partial charge in [0.05, 0.1) is 6.54 Å². The minimum Gasteiger partial charge on any atom is -0.345 e. The van der Waals surface area contributed by atoms with Gasteiger partial charge in [-0.1, -0.05) is 12.1 Å². The van der Waals surface area contributed by atoms with Crippen LogP contribution >= 0.6 is 11.6 Å². The SMILES string of the molecule is CCN(C)C(=O)CNC(=O)c1cccc(CCl)c1. The lowest BCUT2D eigenvalue weighted by Crippen LogP contribution is -2.38. The third-order valence-electron chi connectivity index (χ3n) is 2.64. The number of alkyl halides is 1. The van der Waals surface area contributed by atoms with E-state index in [1.807, 2.05) is 13.0 Å². The van der Waals surface area contributed by atoms with Gasteiger partial charge in [0.1, 0.15) is 0 Å². The van der Waals surface area contributed by atoms with Crippen molar-refractivity contribution >= 4 is 23.4 Å². The fourth-order valence-corrected chi connectivity index (χ4v) is 1.53. The first kappa shape index (κ1) is 14.5. The van der Waals surface area contributed by atoms with E-state index in [2.05, 4.69) is 5.32 Å². The molecule has 0 aromatic heterocycles.